The zero-order valence-electron chi connectivity index (χ0n) is 18.1. The Hall–Kier alpha value is -3.73. The molecule has 0 radical (unpaired) electrons. The van der Waals surface area contributed by atoms with Gasteiger partial charge in [0.05, 0.1) is 0 Å². The van der Waals surface area contributed by atoms with Crippen molar-refractivity contribution in [2.24, 2.45) is 0 Å². The van der Waals surface area contributed by atoms with E-state index in [9.17, 15) is 9.59 Å². The molecule has 1 heterocycles. The maximum Gasteiger partial charge on any atom is 0.268 e. The lowest BCUT2D eigenvalue weighted by atomic mass is 10.0. The minimum Gasteiger partial charge on any atom is -0.347 e. The quantitative estimate of drug-likeness (QED) is 0.556. The van der Waals surface area contributed by atoms with Crippen LogP contribution in [0, 0.1) is 6.92 Å². The second-order valence-electron chi connectivity index (χ2n) is 7.74. The van der Waals surface area contributed by atoms with Gasteiger partial charge in [-0.25, -0.2) is 0 Å². The summed E-state index contributed by atoms with van der Waals surface area (Å²) in [6.45, 7) is 6.53. The maximum absolute atomic E-state index is 12.9. The van der Waals surface area contributed by atoms with Gasteiger partial charge in [-0.05, 0) is 53.8 Å². The van der Waals surface area contributed by atoms with Crippen molar-refractivity contribution in [3.8, 4) is 0 Å². The number of carbonyl (C=O) groups is 2. The summed E-state index contributed by atoms with van der Waals surface area (Å²) in [5, 5.41) is 5.62. The first-order valence-corrected chi connectivity index (χ1v) is 10.3. The number of amides is 2. The van der Waals surface area contributed by atoms with Crippen LogP contribution in [-0.2, 0) is 11.3 Å². The molecule has 0 unspecified atom stereocenters. The van der Waals surface area contributed by atoms with E-state index in [0.29, 0.717) is 18.0 Å². The summed E-state index contributed by atoms with van der Waals surface area (Å²) in [7, 11) is 0. The lowest BCUT2D eigenvalue weighted by Crippen LogP contribution is -2.34. The van der Waals surface area contributed by atoms with E-state index in [1.165, 1.54) is 5.56 Å². The highest BCUT2D eigenvalue weighted by molar-refractivity contribution is 6.05. The maximum atomic E-state index is 12.9. The van der Waals surface area contributed by atoms with Gasteiger partial charge in [0.2, 0.25) is 0 Å². The third-order valence-electron chi connectivity index (χ3n) is 4.90. The van der Waals surface area contributed by atoms with Crippen LogP contribution in [0.4, 0.5) is 0 Å². The van der Waals surface area contributed by atoms with Crippen molar-refractivity contribution in [1.29, 1.82) is 0 Å². The summed E-state index contributed by atoms with van der Waals surface area (Å²) in [5.74, 6) is -0.277. The fourth-order valence-electron chi connectivity index (χ4n) is 2.98. The molecule has 2 amide bonds. The highest BCUT2D eigenvalue weighted by atomic mass is 16.2. The van der Waals surface area contributed by atoms with Crippen LogP contribution in [0.15, 0.2) is 78.8 Å². The third-order valence-corrected chi connectivity index (χ3v) is 4.90. The predicted molar refractivity (Wildman–Crippen MR) is 123 cm³/mol. The monoisotopic (exact) mass is 413 g/mol. The number of aromatic nitrogens is 1. The zero-order valence-corrected chi connectivity index (χ0v) is 18.1. The second kappa shape index (κ2) is 10.3. The van der Waals surface area contributed by atoms with E-state index in [4.69, 9.17) is 0 Å². The van der Waals surface area contributed by atoms with Crippen molar-refractivity contribution in [3.05, 3.63) is 107 Å². The molecular weight excluding hydrogens is 386 g/mol. The SMILES string of the molecule is Cc1ccc(C(=O)N/C(=C\c2ccc(C(C)C)cc2)C(=O)NCc2cccnc2)cc1. The minimum absolute atomic E-state index is 0.187. The number of benzene rings is 2. The van der Waals surface area contributed by atoms with Crippen LogP contribution in [0.1, 0.15) is 52.4 Å². The van der Waals surface area contributed by atoms with Gasteiger partial charge in [-0.15, -0.1) is 0 Å². The predicted octanol–water partition coefficient (Wildman–Crippen LogP) is 4.60. The standard InChI is InChI=1S/C26H27N3O2/c1-18(2)22-12-8-20(9-13-22)15-24(26(31)28-17-21-5-4-14-27-16-21)29-25(30)23-10-6-19(3)7-11-23/h4-16,18H,17H2,1-3H3,(H,28,31)(H,29,30)/b24-15-. The summed E-state index contributed by atoms with van der Waals surface area (Å²) >= 11 is 0. The van der Waals surface area contributed by atoms with Crippen LogP contribution in [0.3, 0.4) is 0 Å². The van der Waals surface area contributed by atoms with Gasteiger partial charge in [0.25, 0.3) is 11.8 Å². The van der Waals surface area contributed by atoms with Gasteiger partial charge in [-0.2, -0.15) is 0 Å². The first-order chi connectivity index (χ1) is 14.9. The van der Waals surface area contributed by atoms with Gasteiger partial charge in [0.1, 0.15) is 5.70 Å². The molecule has 158 valence electrons. The summed E-state index contributed by atoms with van der Waals surface area (Å²) in [4.78, 5) is 29.7. The molecular formula is C26H27N3O2. The fraction of sp³-hybridized carbons (Fsp3) is 0.192. The topological polar surface area (TPSA) is 71.1 Å². The number of carbonyl (C=O) groups excluding carboxylic acids is 2. The van der Waals surface area contributed by atoms with Crippen LogP contribution in [0.25, 0.3) is 6.08 Å². The van der Waals surface area contributed by atoms with Gasteiger partial charge >= 0.3 is 0 Å². The first-order valence-electron chi connectivity index (χ1n) is 10.3. The molecule has 0 saturated carbocycles. The normalized spacial score (nSPS) is 11.3. The van der Waals surface area contributed by atoms with Crippen molar-refractivity contribution in [2.75, 3.05) is 0 Å². The molecule has 5 heteroatoms. The molecule has 0 saturated heterocycles. The van der Waals surface area contributed by atoms with E-state index in [1.54, 1.807) is 30.6 Å². The number of hydrogen-bond donors (Lipinski definition) is 2. The van der Waals surface area contributed by atoms with Crippen molar-refractivity contribution in [1.82, 2.24) is 15.6 Å². The van der Waals surface area contributed by atoms with E-state index in [-0.39, 0.29) is 17.5 Å². The summed E-state index contributed by atoms with van der Waals surface area (Å²) in [6, 6.07) is 18.9. The van der Waals surface area contributed by atoms with Crippen LogP contribution in [0.5, 0.6) is 0 Å². The highest BCUT2D eigenvalue weighted by Gasteiger charge is 2.15. The number of rotatable bonds is 7. The Morgan fingerprint density at radius 3 is 2.32 bits per heavy atom. The Morgan fingerprint density at radius 2 is 1.71 bits per heavy atom. The van der Waals surface area contributed by atoms with E-state index in [2.05, 4.69) is 29.5 Å². The molecule has 1 aromatic heterocycles. The summed E-state index contributed by atoms with van der Waals surface area (Å²) in [5.41, 5.74) is 4.66. The molecule has 31 heavy (non-hydrogen) atoms. The molecule has 0 bridgehead atoms. The van der Waals surface area contributed by atoms with Crippen LogP contribution in [0.2, 0.25) is 0 Å². The lowest BCUT2D eigenvalue weighted by molar-refractivity contribution is -0.117. The van der Waals surface area contributed by atoms with Gasteiger partial charge < -0.3 is 10.6 Å². The van der Waals surface area contributed by atoms with Crippen LogP contribution >= 0.6 is 0 Å². The van der Waals surface area contributed by atoms with E-state index in [1.807, 2.05) is 55.5 Å². The van der Waals surface area contributed by atoms with Crippen molar-refractivity contribution in [2.45, 2.75) is 33.2 Å². The highest BCUT2D eigenvalue weighted by Crippen LogP contribution is 2.16. The third kappa shape index (κ3) is 6.37. The Balaban J connectivity index is 1.82. The number of pyridine rings is 1. The van der Waals surface area contributed by atoms with Gasteiger partial charge in [0.15, 0.2) is 0 Å². The Morgan fingerprint density at radius 1 is 1.00 bits per heavy atom. The molecule has 3 rings (SSSR count). The first kappa shape index (κ1) is 22.0. The molecule has 5 nitrogen and oxygen atoms in total. The number of aryl methyl sites for hydroxylation is 1. The Kier molecular flexibility index (Phi) is 7.33. The zero-order chi connectivity index (χ0) is 22.2. The number of hydrogen-bond acceptors (Lipinski definition) is 3. The van der Waals surface area contributed by atoms with E-state index < -0.39 is 0 Å². The molecule has 0 aliphatic heterocycles. The number of nitrogens with zero attached hydrogens (tertiary/aromatic N) is 1. The van der Waals surface area contributed by atoms with Crippen molar-refractivity contribution < 1.29 is 9.59 Å². The number of nitrogens with one attached hydrogen (secondary N) is 2. The van der Waals surface area contributed by atoms with Gasteiger partial charge in [-0.1, -0.05) is 61.9 Å². The Bertz CT molecular complexity index is 1050. The summed E-state index contributed by atoms with van der Waals surface area (Å²) < 4.78 is 0. The average Bonchev–Trinajstić information content (AvgIpc) is 2.78. The van der Waals surface area contributed by atoms with Gasteiger partial charge in [-0.3, -0.25) is 14.6 Å². The minimum atomic E-state index is -0.364. The van der Waals surface area contributed by atoms with Crippen LogP contribution in [-0.4, -0.2) is 16.8 Å². The van der Waals surface area contributed by atoms with Gasteiger partial charge in [0, 0.05) is 24.5 Å². The molecule has 0 aliphatic carbocycles. The smallest absolute Gasteiger partial charge is 0.268 e. The van der Waals surface area contributed by atoms with E-state index >= 15 is 0 Å². The lowest BCUT2D eigenvalue weighted by Gasteiger charge is -2.12. The molecule has 0 aliphatic rings. The fourth-order valence-corrected chi connectivity index (χ4v) is 2.98. The molecule has 0 spiro atoms. The molecule has 0 fully saturated rings. The molecule has 0 atom stereocenters. The van der Waals surface area contributed by atoms with Crippen LogP contribution < -0.4 is 10.6 Å². The summed E-state index contributed by atoms with van der Waals surface area (Å²) in [6.07, 6.45) is 5.06. The molecule has 3 aromatic rings. The largest absolute Gasteiger partial charge is 0.347 e. The average molecular weight is 414 g/mol. The Labute approximate surface area is 183 Å². The van der Waals surface area contributed by atoms with Crippen molar-refractivity contribution >= 4 is 17.9 Å². The molecule has 2 N–H and O–H groups in total. The molecule has 2 aromatic carbocycles. The van der Waals surface area contributed by atoms with E-state index in [0.717, 1.165) is 16.7 Å². The second-order valence-corrected chi connectivity index (χ2v) is 7.74. The van der Waals surface area contributed by atoms with Crippen molar-refractivity contribution in [3.63, 3.8) is 0 Å².